The number of benzene rings is 2. The fraction of sp³-hybridized carbons (Fsp3) is 0.368. The fourth-order valence-electron chi connectivity index (χ4n) is 2.74. The summed E-state index contributed by atoms with van der Waals surface area (Å²) in [5, 5.41) is 23.9. The van der Waals surface area contributed by atoms with Gasteiger partial charge in [0.1, 0.15) is 18.5 Å². The third-order valence-corrected chi connectivity index (χ3v) is 4.17. The number of rotatable bonds is 10. The molecule has 3 N–H and O–H groups in total. The number of hydrogen-bond donors (Lipinski definition) is 3. The number of methoxy groups -OCH3 is 2. The van der Waals surface area contributed by atoms with Crippen LogP contribution in [0.2, 0.25) is 0 Å². The highest BCUT2D eigenvalue weighted by atomic mass is 35.5. The van der Waals surface area contributed by atoms with Crippen molar-refractivity contribution in [3.8, 4) is 17.2 Å². The highest BCUT2D eigenvalue weighted by molar-refractivity contribution is 5.85. The molecule has 1 unspecified atom stereocenters. The Hall–Kier alpha value is -2.55. The van der Waals surface area contributed by atoms with Crippen molar-refractivity contribution in [2.45, 2.75) is 12.5 Å². The zero-order valence-electron chi connectivity index (χ0n) is 15.8. The van der Waals surface area contributed by atoms with E-state index < -0.39 is 6.10 Å². The Morgan fingerprint density at radius 2 is 1.93 bits per heavy atom. The number of halogens is 1. The molecule has 0 aliphatic rings. The summed E-state index contributed by atoms with van der Waals surface area (Å²) in [6.45, 7) is 1.34. The van der Waals surface area contributed by atoms with Gasteiger partial charge in [0.25, 0.3) is 0 Å². The second-order valence-electron chi connectivity index (χ2n) is 6.07. The topological polar surface area (TPSA) is 102 Å². The van der Waals surface area contributed by atoms with E-state index in [9.17, 15) is 5.11 Å². The number of aliphatic hydroxyl groups is 1. The van der Waals surface area contributed by atoms with E-state index in [1.165, 1.54) is 0 Å². The molecule has 0 spiro atoms. The number of ether oxygens (including phenoxy) is 3. The lowest BCUT2D eigenvalue weighted by atomic mass is 10.1. The van der Waals surface area contributed by atoms with E-state index in [0.29, 0.717) is 29.3 Å². The molecular formula is C19H25ClN4O4. The van der Waals surface area contributed by atoms with Gasteiger partial charge in [0.2, 0.25) is 0 Å². The molecule has 1 atom stereocenters. The van der Waals surface area contributed by atoms with Gasteiger partial charge in [-0.1, -0.05) is 17.3 Å². The number of nitrogens with zero attached hydrogens (tertiary/aromatic N) is 2. The molecule has 0 saturated carbocycles. The van der Waals surface area contributed by atoms with Gasteiger partial charge in [-0.3, -0.25) is 5.10 Å². The van der Waals surface area contributed by atoms with Gasteiger partial charge in [0, 0.05) is 6.54 Å². The summed E-state index contributed by atoms with van der Waals surface area (Å²) < 4.78 is 16.2. The highest BCUT2D eigenvalue weighted by Gasteiger charge is 2.09. The summed E-state index contributed by atoms with van der Waals surface area (Å²) in [7, 11) is 3.24. The van der Waals surface area contributed by atoms with E-state index in [2.05, 4.69) is 20.7 Å². The van der Waals surface area contributed by atoms with Crippen molar-refractivity contribution in [1.82, 2.24) is 20.7 Å². The van der Waals surface area contributed by atoms with Gasteiger partial charge in [-0.15, -0.1) is 17.5 Å². The summed E-state index contributed by atoms with van der Waals surface area (Å²) in [5.74, 6) is 2.03. The van der Waals surface area contributed by atoms with Crippen molar-refractivity contribution in [3.63, 3.8) is 0 Å². The molecule has 3 aromatic rings. The molecule has 0 saturated heterocycles. The molecule has 28 heavy (non-hydrogen) atoms. The molecule has 2 aromatic carbocycles. The van der Waals surface area contributed by atoms with E-state index in [1.807, 2.05) is 36.4 Å². The van der Waals surface area contributed by atoms with Gasteiger partial charge in [-0.25, -0.2) is 0 Å². The molecule has 1 aromatic heterocycles. The van der Waals surface area contributed by atoms with E-state index in [1.54, 1.807) is 14.2 Å². The van der Waals surface area contributed by atoms with Crippen molar-refractivity contribution in [1.29, 1.82) is 0 Å². The molecule has 8 nitrogen and oxygen atoms in total. The maximum Gasteiger partial charge on any atom is 0.160 e. The minimum absolute atomic E-state index is 0. The Bertz CT molecular complexity index is 874. The van der Waals surface area contributed by atoms with E-state index in [0.717, 1.165) is 24.0 Å². The zero-order valence-corrected chi connectivity index (χ0v) is 16.7. The molecule has 0 amide bonds. The molecule has 0 radical (unpaired) electrons. The number of H-pyrrole nitrogens is 1. The Balaban J connectivity index is 0.00000280. The van der Waals surface area contributed by atoms with Crippen LogP contribution in [0.15, 0.2) is 36.4 Å². The average Bonchev–Trinajstić information content (AvgIpc) is 3.18. The first-order chi connectivity index (χ1) is 13.2. The van der Waals surface area contributed by atoms with E-state index in [-0.39, 0.29) is 19.0 Å². The van der Waals surface area contributed by atoms with Crippen LogP contribution in [0.25, 0.3) is 11.0 Å². The maximum absolute atomic E-state index is 10.1. The highest BCUT2D eigenvalue weighted by Crippen LogP contribution is 2.27. The lowest BCUT2D eigenvalue weighted by Crippen LogP contribution is -2.32. The molecular weight excluding hydrogens is 384 g/mol. The van der Waals surface area contributed by atoms with Gasteiger partial charge < -0.3 is 24.6 Å². The van der Waals surface area contributed by atoms with Gasteiger partial charge in [0.15, 0.2) is 17.0 Å². The van der Waals surface area contributed by atoms with Crippen molar-refractivity contribution in [3.05, 3.63) is 42.0 Å². The van der Waals surface area contributed by atoms with E-state index in [4.69, 9.17) is 14.2 Å². The molecule has 0 fully saturated rings. The lowest BCUT2D eigenvalue weighted by Gasteiger charge is -2.14. The first kappa shape index (κ1) is 21.7. The van der Waals surface area contributed by atoms with Crippen LogP contribution in [0.3, 0.4) is 0 Å². The van der Waals surface area contributed by atoms with Crippen LogP contribution >= 0.6 is 12.4 Å². The number of nitrogens with one attached hydrogen (secondary N) is 2. The largest absolute Gasteiger partial charge is 0.493 e. The fourth-order valence-corrected chi connectivity index (χ4v) is 2.74. The number of aromatic nitrogens is 3. The second kappa shape index (κ2) is 10.7. The van der Waals surface area contributed by atoms with Crippen LogP contribution in [-0.2, 0) is 6.42 Å². The minimum atomic E-state index is -0.627. The summed E-state index contributed by atoms with van der Waals surface area (Å²) in [4.78, 5) is 0. The molecule has 0 bridgehead atoms. The summed E-state index contributed by atoms with van der Waals surface area (Å²) >= 11 is 0. The van der Waals surface area contributed by atoms with Crippen LogP contribution in [-0.4, -0.2) is 60.5 Å². The van der Waals surface area contributed by atoms with Gasteiger partial charge >= 0.3 is 0 Å². The zero-order chi connectivity index (χ0) is 19.1. The third-order valence-electron chi connectivity index (χ3n) is 4.17. The summed E-state index contributed by atoms with van der Waals surface area (Å²) in [6.07, 6.45) is 0.184. The predicted molar refractivity (Wildman–Crippen MR) is 109 cm³/mol. The standard InChI is InChI=1S/C19H24N4O4.ClH/c1-25-16-7-6-13(10-18(16)26-2)8-9-20-11-14(24)12-27-17-5-3-4-15-19(17)22-23-21-15;/h3-7,10,14,20,24H,8-9,11-12H2,1-2H3,(H,21,22,23);1H. The van der Waals surface area contributed by atoms with Crippen LogP contribution in [0, 0.1) is 0 Å². The monoisotopic (exact) mass is 408 g/mol. The third kappa shape index (κ3) is 5.48. The molecule has 1 heterocycles. The first-order valence-electron chi connectivity index (χ1n) is 8.73. The van der Waals surface area contributed by atoms with Gasteiger partial charge in [0.05, 0.1) is 19.7 Å². The quantitative estimate of drug-likeness (QED) is 0.441. The SMILES string of the molecule is COc1ccc(CCNCC(O)COc2cccc3[nH]nnc23)cc1OC.Cl. The molecule has 152 valence electrons. The van der Waals surface area contributed by atoms with Crippen molar-refractivity contribution < 1.29 is 19.3 Å². The lowest BCUT2D eigenvalue weighted by molar-refractivity contribution is 0.107. The normalized spacial score (nSPS) is 11.7. The number of fused-ring (bicyclic) bond motifs is 1. The van der Waals surface area contributed by atoms with Crippen LogP contribution in [0.5, 0.6) is 17.2 Å². The van der Waals surface area contributed by atoms with Crippen LogP contribution in [0.1, 0.15) is 5.56 Å². The Kier molecular flexibility index (Phi) is 8.31. The maximum atomic E-state index is 10.1. The van der Waals surface area contributed by atoms with Crippen molar-refractivity contribution >= 4 is 23.4 Å². The van der Waals surface area contributed by atoms with E-state index >= 15 is 0 Å². The Morgan fingerprint density at radius 3 is 2.71 bits per heavy atom. The number of aromatic amines is 1. The smallest absolute Gasteiger partial charge is 0.160 e. The summed E-state index contributed by atoms with van der Waals surface area (Å²) in [5.41, 5.74) is 2.59. The molecule has 3 rings (SSSR count). The average molecular weight is 409 g/mol. The van der Waals surface area contributed by atoms with Gasteiger partial charge in [-0.2, -0.15) is 0 Å². The van der Waals surface area contributed by atoms with Crippen LogP contribution in [0.4, 0.5) is 0 Å². The molecule has 0 aliphatic carbocycles. The minimum Gasteiger partial charge on any atom is -0.493 e. The van der Waals surface area contributed by atoms with Gasteiger partial charge in [-0.05, 0) is 42.8 Å². The number of hydrogen-bond acceptors (Lipinski definition) is 7. The Morgan fingerprint density at radius 1 is 1.11 bits per heavy atom. The van der Waals surface area contributed by atoms with Crippen LogP contribution < -0.4 is 19.5 Å². The van der Waals surface area contributed by atoms with Crippen molar-refractivity contribution in [2.75, 3.05) is 33.9 Å². The first-order valence-corrected chi connectivity index (χ1v) is 8.73. The Labute approximate surface area is 169 Å². The second-order valence-corrected chi connectivity index (χ2v) is 6.07. The molecule has 0 aliphatic heterocycles. The molecule has 9 heteroatoms. The predicted octanol–water partition coefficient (Wildman–Crippen LogP) is 1.97. The number of aliphatic hydroxyl groups excluding tert-OH is 1. The summed E-state index contributed by atoms with van der Waals surface area (Å²) in [6, 6.07) is 11.4. The van der Waals surface area contributed by atoms with Crippen molar-refractivity contribution in [2.24, 2.45) is 0 Å².